The molecule has 2 unspecified atom stereocenters. The quantitative estimate of drug-likeness (QED) is 0.472. The molecule has 0 aliphatic carbocycles. The molecule has 2 atom stereocenters. The first-order valence-corrected chi connectivity index (χ1v) is 7.47. The summed E-state index contributed by atoms with van der Waals surface area (Å²) in [6, 6.07) is 0. The predicted octanol–water partition coefficient (Wildman–Crippen LogP) is 6.06. The smallest absolute Gasteiger partial charge is 0.0247 e. The fourth-order valence-corrected chi connectivity index (χ4v) is 3.96. The summed E-state index contributed by atoms with van der Waals surface area (Å²) in [6.45, 7) is 16.9. The van der Waals surface area contributed by atoms with E-state index >= 15 is 0 Å². The summed E-state index contributed by atoms with van der Waals surface area (Å²) >= 11 is 0. The van der Waals surface area contributed by atoms with Crippen molar-refractivity contribution in [1.29, 1.82) is 0 Å². The number of rotatable bonds is 8. The molecule has 0 amide bonds. The Kier molecular flexibility index (Phi) is 6.67. The maximum atomic E-state index is 2.55. The Labute approximate surface area is 104 Å². The van der Waals surface area contributed by atoms with Crippen LogP contribution in [-0.4, -0.2) is 0 Å². The van der Waals surface area contributed by atoms with E-state index in [9.17, 15) is 0 Å². The van der Waals surface area contributed by atoms with Crippen LogP contribution >= 0.6 is 0 Å². The lowest BCUT2D eigenvalue weighted by Gasteiger charge is -2.52. The molecular weight excluding hydrogens is 192 g/mol. The van der Waals surface area contributed by atoms with E-state index in [4.69, 9.17) is 0 Å². The van der Waals surface area contributed by atoms with E-state index in [1.54, 1.807) is 0 Å². The number of hydrogen-bond donors (Lipinski definition) is 0. The highest BCUT2D eigenvalue weighted by Crippen LogP contribution is 2.54. The Hall–Kier alpha value is 0. The second kappa shape index (κ2) is 6.67. The lowest BCUT2D eigenvalue weighted by molar-refractivity contribution is -0.0213. The fraction of sp³-hybridized carbons (Fsp3) is 1.00. The Morgan fingerprint density at radius 2 is 1.25 bits per heavy atom. The van der Waals surface area contributed by atoms with Gasteiger partial charge in [-0.1, -0.05) is 61.3 Å². The molecule has 0 radical (unpaired) electrons. The van der Waals surface area contributed by atoms with Crippen molar-refractivity contribution >= 4 is 0 Å². The van der Waals surface area contributed by atoms with E-state index in [1.807, 2.05) is 0 Å². The summed E-state index contributed by atoms with van der Waals surface area (Å²) in [7, 11) is 0. The van der Waals surface area contributed by atoms with Crippen LogP contribution < -0.4 is 0 Å². The predicted molar refractivity (Wildman–Crippen MR) is 75.8 cm³/mol. The van der Waals surface area contributed by atoms with Crippen LogP contribution in [0.1, 0.15) is 87.0 Å². The number of hydrogen-bond acceptors (Lipinski definition) is 0. The average Bonchev–Trinajstić information content (AvgIpc) is 2.31. The zero-order valence-electron chi connectivity index (χ0n) is 12.8. The van der Waals surface area contributed by atoms with E-state index in [0.29, 0.717) is 10.8 Å². The molecule has 0 aliphatic heterocycles. The lowest BCUT2D eigenvalue weighted by atomic mass is 9.53. The summed E-state index contributed by atoms with van der Waals surface area (Å²) in [4.78, 5) is 0. The molecule has 16 heavy (non-hydrogen) atoms. The summed E-state index contributed by atoms with van der Waals surface area (Å²) in [5.41, 5.74) is 1.07. The molecule has 0 aromatic carbocycles. The molecule has 0 aromatic rings. The van der Waals surface area contributed by atoms with Crippen LogP contribution in [-0.2, 0) is 0 Å². The van der Waals surface area contributed by atoms with Crippen LogP contribution in [0.3, 0.4) is 0 Å². The molecule has 0 rings (SSSR count). The van der Waals surface area contributed by atoms with Crippen molar-refractivity contribution in [3.05, 3.63) is 0 Å². The van der Waals surface area contributed by atoms with Crippen molar-refractivity contribution in [3.63, 3.8) is 0 Å². The normalized spacial score (nSPS) is 18.2. The summed E-state index contributed by atoms with van der Waals surface area (Å²) < 4.78 is 0. The summed E-state index contributed by atoms with van der Waals surface area (Å²) in [6.07, 6.45) is 8.02. The van der Waals surface area contributed by atoms with Crippen LogP contribution in [0, 0.1) is 16.7 Å². The van der Waals surface area contributed by atoms with Gasteiger partial charge in [-0.25, -0.2) is 0 Å². The van der Waals surface area contributed by atoms with Gasteiger partial charge >= 0.3 is 0 Å². The monoisotopic (exact) mass is 226 g/mol. The molecule has 0 spiro atoms. The second-order valence-electron chi connectivity index (χ2n) is 5.80. The van der Waals surface area contributed by atoms with E-state index in [2.05, 4.69) is 48.5 Å². The lowest BCUT2D eigenvalue weighted by Crippen LogP contribution is -2.43. The van der Waals surface area contributed by atoms with E-state index in [-0.39, 0.29) is 0 Å². The van der Waals surface area contributed by atoms with Gasteiger partial charge in [0.1, 0.15) is 0 Å². The van der Waals surface area contributed by atoms with Gasteiger partial charge in [0.2, 0.25) is 0 Å². The van der Waals surface area contributed by atoms with Gasteiger partial charge in [-0.15, -0.1) is 0 Å². The third kappa shape index (κ3) is 2.63. The molecule has 0 fully saturated rings. The molecule has 0 aromatic heterocycles. The van der Waals surface area contributed by atoms with Crippen LogP contribution in [0.2, 0.25) is 0 Å². The molecule has 0 nitrogen and oxygen atoms in total. The van der Waals surface area contributed by atoms with E-state index in [1.165, 1.54) is 38.5 Å². The highest BCUT2D eigenvalue weighted by molar-refractivity contribution is 4.95. The van der Waals surface area contributed by atoms with Gasteiger partial charge in [-0.05, 0) is 42.4 Å². The second-order valence-corrected chi connectivity index (χ2v) is 5.80. The molecule has 98 valence electrons. The Balaban J connectivity index is 5.16. The first kappa shape index (κ1) is 16.0. The standard InChI is InChI=1S/C16H34/c1-8-13-14(6)15(7,9-2)16(10-3,11-4)12-5/h14H,8-13H2,1-7H3. The molecule has 0 aliphatic rings. The summed E-state index contributed by atoms with van der Waals surface area (Å²) in [5, 5.41) is 0. The fourth-order valence-electron chi connectivity index (χ4n) is 3.96. The van der Waals surface area contributed by atoms with Crippen molar-refractivity contribution in [1.82, 2.24) is 0 Å². The largest absolute Gasteiger partial charge is 0.0654 e. The van der Waals surface area contributed by atoms with Gasteiger partial charge in [0, 0.05) is 0 Å². The van der Waals surface area contributed by atoms with Gasteiger partial charge in [0.15, 0.2) is 0 Å². The minimum atomic E-state index is 0.515. The van der Waals surface area contributed by atoms with Crippen molar-refractivity contribution in [2.45, 2.75) is 87.0 Å². The van der Waals surface area contributed by atoms with Gasteiger partial charge < -0.3 is 0 Å². The summed E-state index contributed by atoms with van der Waals surface area (Å²) in [5.74, 6) is 0.849. The molecule has 0 N–H and O–H groups in total. The van der Waals surface area contributed by atoms with Crippen molar-refractivity contribution in [2.75, 3.05) is 0 Å². The average molecular weight is 226 g/mol. The van der Waals surface area contributed by atoms with Crippen molar-refractivity contribution in [3.8, 4) is 0 Å². The maximum absolute atomic E-state index is 2.55. The van der Waals surface area contributed by atoms with Crippen LogP contribution in [0.25, 0.3) is 0 Å². The third-order valence-electron chi connectivity index (χ3n) is 5.79. The van der Waals surface area contributed by atoms with E-state index < -0.39 is 0 Å². The maximum Gasteiger partial charge on any atom is -0.0247 e. The van der Waals surface area contributed by atoms with Gasteiger partial charge in [-0.3, -0.25) is 0 Å². The van der Waals surface area contributed by atoms with E-state index in [0.717, 1.165) is 5.92 Å². The minimum Gasteiger partial charge on any atom is -0.0654 e. The first-order chi connectivity index (χ1) is 7.47. The highest BCUT2D eigenvalue weighted by Gasteiger charge is 2.45. The Morgan fingerprint density at radius 3 is 1.50 bits per heavy atom. The molecule has 0 heteroatoms. The Morgan fingerprint density at radius 1 is 0.812 bits per heavy atom. The Bertz CT molecular complexity index is 170. The molecule has 0 saturated carbocycles. The van der Waals surface area contributed by atoms with Gasteiger partial charge in [-0.2, -0.15) is 0 Å². The molecular formula is C16H34. The van der Waals surface area contributed by atoms with Gasteiger partial charge in [0.25, 0.3) is 0 Å². The molecule has 0 heterocycles. The minimum absolute atomic E-state index is 0.515. The highest BCUT2D eigenvalue weighted by atomic mass is 14.5. The third-order valence-corrected chi connectivity index (χ3v) is 5.79. The molecule has 0 saturated heterocycles. The zero-order valence-corrected chi connectivity index (χ0v) is 12.8. The van der Waals surface area contributed by atoms with Crippen LogP contribution in [0.5, 0.6) is 0 Å². The van der Waals surface area contributed by atoms with Crippen LogP contribution in [0.15, 0.2) is 0 Å². The zero-order chi connectivity index (χ0) is 12.8. The van der Waals surface area contributed by atoms with Crippen LogP contribution in [0.4, 0.5) is 0 Å². The topological polar surface area (TPSA) is 0 Å². The first-order valence-electron chi connectivity index (χ1n) is 7.47. The molecule has 0 bridgehead atoms. The van der Waals surface area contributed by atoms with Crippen molar-refractivity contribution < 1.29 is 0 Å². The van der Waals surface area contributed by atoms with Crippen molar-refractivity contribution in [2.24, 2.45) is 16.7 Å². The van der Waals surface area contributed by atoms with Gasteiger partial charge in [0.05, 0.1) is 0 Å². The SMILES string of the molecule is CCCC(C)C(C)(CC)C(CC)(CC)CC.